The van der Waals surface area contributed by atoms with Crippen LogP contribution in [-0.2, 0) is 12.8 Å². The van der Waals surface area contributed by atoms with Crippen molar-refractivity contribution in [3.05, 3.63) is 70.8 Å². The molecule has 0 spiro atoms. The molecular formula is C18H24N2. The van der Waals surface area contributed by atoms with E-state index in [4.69, 9.17) is 5.84 Å². The molecule has 0 aliphatic carbocycles. The first-order chi connectivity index (χ1) is 9.70. The number of aryl methyl sites for hydroxylation is 3. The van der Waals surface area contributed by atoms with Crippen molar-refractivity contribution >= 4 is 0 Å². The summed E-state index contributed by atoms with van der Waals surface area (Å²) in [4.78, 5) is 0. The predicted molar refractivity (Wildman–Crippen MR) is 85.5 cm³/mol. The Kier molecular flexibility index (Phi) is 5.33. The highest BCUT2D eigenvalue weighted by Crippen LogP contribution is 2.15. The van der Waals surface area contributed by atoms with Crippen LogP contribution in [0.4, 0.5) is 0 Å². The molecule has 0 amide bonds. The summed E-state index contributed by atoms with van der Waals surface area (Å²) < 4.78 is 0. The minimum atomic E-state index is 0.315. The van der Waals surface area contributed by atoms with Crippen molar-refractivity contribution in [2.75, 3.05) is 0 Å². The van der Waals surface area contributed by atoms with Gasteiger partial charge in [-0.05, 0) is 55.4 Å². The predicted octanol–water partition coefficient (Wildman–Crippen LogP) is 3.31. The molecule has 2 nitrogen and oxygen atoms in total. The Morgan fingerprint density at radius 1 is 0.900 bits per heavy atom. The number of hydrogen-bond acceptors (Lipinski definition) is 2. The molecule has 3 N–H and O–H groups in total. The van der Waals surface area contributed by atoms with Gasteiger partial charge in [-0.15, -0.1) is 0 Å². The quantitative estimate of drug-likeness (QED) is 0.623. The molecule has 0 bridgehead atoms. The van der Waals surface area contributed by atoms with Gasteiger partial charge in [-0.2, -0.15) is 0 Å². The fraction of sp³-hybridized carbons (Fsp3) is 0.333. The summed E-state index contributed by atoms with van der Waals surface area (Å²) in [5.74, 6) is 5.72. The summed E-state index contributed by atoms with van der Waals surface area (Å²) >= 11 is 0. The minimum Gasteiger partial charge on any atom is -0.271 e. The maximum Gasteiger partial charge on any atom is 0.0254 e. The molecule has 1 unspecified atom stereocenters. The number of benzene rings is 2. The average Bonchev–Trinajstić information content (AvgIpc) is 2.47. The van der Waals surface area contributed by atoms with Crippen LogP contribution >= 0.6 is 0 Å². The molecule has 2 rings (SSSR count). The Morgan fingerprint density at radius 3 is 2.00 bits per heavy atom. The van der Waals surface area contributed by atoms with Gasteiger partial charge in [0.25, 0.3) is 0 Å². The molecule has 0 heterocycles. The summed E-state index contributed by atoms with van der Waals surface area (Å²) in [6, 6.07) is 17.4. The van der Waals surface area contributed by atoms with Crippen LogP contribution in [0.15, 0.2) is 48.5 Å². The molecule has 0 aromatic heterocycles. The second kappa shape index (κ2) is 7.22. The van der Waals surface area contributed by atoms with Crippen molar-refractivity contribution in [2.24, 2.45) is 5.84 Å². The molecule has 20 heavy (non-hydrogen) atoms. The second-order valence-electron chi connectivity index (χ2n) is 5.46. The maximum atomic E-state index is 5.72. The van der Waals surface area contributed by atoms with E-state index >= 15 is 0 Å². The van der Waals surface area contributed by atoms with Crippen LogP contribution in [0.3, 0.4) is 0 Å². The van der Waals surface area contributed by atoms with Gasteiger partial charge in [0, 0.05) is 6.04 Å². The monoisotopic (exact) mass is 268 g/mol. The van der Waals surface area contributed by atoms with Crippen LogP contribution in [0.1, 0.15) is 28.7 Å². The van der Waals surface area contributed by atoms with Crippen LogP contribution in [-0.4, -0.2) is 6.04 Å². The lowest BCUT2D eigenvalue weighted by atomic mass is 9.95. The van der Waals surface area contributed by atoms with Gasteiger partial charge in [0.05, 0.1) is 0 Å². The van der Waals surface area contributed by atoms with E-state index in [2.05, 4.69) is 67.8 Å². The van der Waals surface area contributed by atoms with Crippen molar-refractivity contribution in [1.82, 2.24) is 5.43 Å². The normalized spacial score (nSPS) is 12.3. The van der Waals surface area contributed by atoms with E-state index in [1.165, 1.54) is 22.3 Å². The molecule has 0 radical (unpaired) electrons. The summed E-state index contributed by atoms with van der Waals surface area (Å²) in [7, 11) is 0. The highest BCUT2D eigenvalue weighted by atomic mass is 15.2. The number of nitrogens with one attached hydrogen (secondary N) is 1. The zero-order chi connectivity index (χ0) is 14.4. The number of nitrogens with two attached hydrogens (primary N) is 1. The van der Waals surface area contributed by atoms with Gasteiger partial charge in [0.2, 0.25) is 0 Å². The van der Waals surface area contributed by atoms with Crippen molar-refractivity contribution in [2.45, 2.75) is 39.2 Å². The van der Waals surface area contributed by atoms with E-state index in [1.807, 2.05) is 0 Å². The topological polar surface area (TPSA) is 38.0 Å². The highest BCUT2D eigenvalue weighted by molar-refractivity contribution is 5.27. The molecule has 0 aliphatic heterocycles. The SMILES string of the molecule is Cc1ccccc1CCC(Cc1ccccc1C)NN. The van der Waals surface area contributed by atoms with Crippen molar-refractivity contribution in [3.8, 4) is 0 Å². The van der Waals surface area contributed by atoms with E-state index in [9.17, 15) is 0 Å². The summed E-state index contributed by atoms with van der Waals surface area (Å²) in [6.07, 6.45) is 3.10. The van der Waals surface area contributed by atoms with Gasteiger partial charge in [0.15, 0.2) is 0 Å². The average molecular weight is 268 g/mol. The van der Waals surface area contributed by atoms with E-state index in [-0.39, 0.29) is 0 Å². The molecule has 106 valence electrons. The molecule has 0 saturated heterocycles. The summed E-state index contributed by atoms with van der Waals surface area (Å²) in [6.45, 7) is 4.33. The third-order valence-electron chi connectivity index (χ3n) is 3.99. The van der Waals surface area contributed by atoms with Gasteiger partial charge in [-0.3, -0.25) is 11.3 Å². The van der Waals surface area contributed by atoms with E-state index in [1.54, 1.807) is 0 Å². The third-order valence-corrected chi connectivity index (χ3v) is 3.99. The molecule has 0 aliphatic rings. The largest absolute Gasteiger partial charge is 0.271 e. The van der Waals surface area contributed by atoms with Gasteiger partial charge >= 0.3 is 0 Å². The molecule has 2 aromatic carbocycles. The highest BCUT2D eigenvalue weighted by Gasteiger charge is 2.10. The molecule has 2 heteroatoms. The molecular weight excluding hydrogens is 244 g/mol. The van der Waals surface area contributed by atoms with Crippen LogP contribution in [0.25, 0.3) is 0 Å². The van der Waals surface area contributed by atoms with Gasteiger partial charge in [-0.1, -0.05) is 48.5 Å². The molecule has 1 atom stereocenters. The third kappa shape index (κ3) is 3.92. The zero-order valence-electron chi connectivity index (χ0n) is 12.4. The van der Waals surface area contributed by atoms with Crippen molar-refractivity contribution in [1.29, 1.82) is 0 Å². The first-order valence-electron chi connectivity index (χ1n) is 7.26. The molecule has 0 saturated carbocycles. The Morgan fingerprint density at radius 2 is 1.45 bits per heavy atom. The smallest absolute Gasteiger partial charge is 0.0254 e. The first-order valence-corrected chi connectivity index (χ1v) is 7.26. The summed E-state index contributed by atoms with van der Waals surface area (Å²) in [5.41, 5.74) is 8.45. The fourth-order valence-electron chi connectivity index (χ4n) is 2.57. The minimum absolute atomic E-state index is 0.315. The Hall–Kier alpha value is -1.64. The number of hydrogen-bond donors (Lipinski definition) is 2. The van der Waals surface area contributed by atoms with Crippen LogP contribution in [0, 0.1) is 13.8 Å². The van der Waals surface area contributed by atoms with E-state index < -0.39 is 0 Å². The van der Waals surface area contributed by atoms with Crippen LogP contribution < -0.4 is 11.3 Å². The van der Waals surface area contributed by atoms with Gasteiger partial charge < -0.3 is 0 Å². The first kappa shape index (κ1) is 14.8. The maximum absolute atomic E-state index is 5.72. The van der Waals surface area contributed by atoms with E-state index in [0.29, 0.717) is 6.04 Å². The lowest BCUT2D eigenvalue weighted by Gasteiger charge is -2.17. The van der Waals surface area contributed by atoms with Gasteiger partial charge in [0.1, 0.15) is 0 Å². The van der Waals surface area contributed by atoms with Crippen molar-refractivity contribution < 1.29 is 0 Å². The van der Waals surface area contributed by atoms with Crippen LogP contribution in [0.2, 0.25) is 0 Å². The standard InChI is InChI=1S/C18H24N2/c1-14-7-3-5-9-16(14)11-12-18(20-19)13-17-10-6-4-8-15(17)2/h3-10,18,20H,11-13,19H2,1-2H3. The van der Waals surface area contributed by atoms with Crippen molar-refractivity contribution in [3.63, 3.8) is 0 Å². The van der Waals surface area contributed by atoms with Gasteiger partial charge in [-0.25, -0.2) is 0 Å². The number of rotatable bonds is 6. The number of hydrazine groups is 1. The molecule has 0 fully saturated rings. The Bertz CT molecular complexity index is 549. The fourth-order valence-corrected chi connectivity index (χ4v) is 2.57. The summed E-state index contributed by atoms with van der Waals surface area (Å²) in [5, 5.41) is 0. The molecule has 2 aromatic rings. The Labute approximate surface area is 122 Å². The second-order valence-corrected chi connectivity index (χ2v) is 5.46. The Balaban J connectivity index is 1.96. The van der Waals surface area contributed by atoms with E-state index in [0.717, 1.165) is 19.3 Å². The lowest BCUT2D eigenvalue weighted by molar-refractivity contribution is 0.490. The lowest BCUT2D eigenvalue weighted by Crippen LogP contribution is -2.37. The zero-order valence-corrected chi connectivity index (χ0v) is 12.4. The van der Waals surface area contributed by atoms with Crippen LogP contribution in [0.5, 0.6) is 0 Å².